The molecule has 0 saturated heterocycles. The van der Waals surface area contributed by atoms with Crippen LogP contribution in [-0.2, 0) is 12.7 Å². The summed E-state index contributed by atoms with van der Waals surface area (Å²) >= 11 is 0. The summed E-state index contributed by atoms with van der Waals surface area (Å²) < 4.78 is 40.2. The third-order valence-corrected chi connectivity index (χ3v) is 3.56. The number of alkyl halides is 3. The van der Waals surface area contributed by atoms with E-state index in [2.05, 4.69) is 10.3 Å². The van der Waals surface area contributed by atoms with Crippen LogP contribution in [0.15, 0.2) is 30.5 Å². The van der Waals surface area contributed by atoms with Gasteiger partial charge >= 0.3 is 6.18 Å². The van der Waals surface area contributed by atoms with E-state index in [9.17, 15) is 13.2 Å². The van der Waals surface area contributed by atoms with Gasteiger partial charge in [-0.05, 0) is 25.5 Å². The number of aromatic nitrogens is 2. The van der Waals surface area contributed by atoms with Crippen LogP contribution in [0.25, 0.3) is 11.4 Å². The number of benzene rings is 1. The van der Waals surface area contributed by atoms with Crippen molar-refractivity contribution < 1.29 is 13.2 Å². The summed E-state index contributed by atoms with van der Waals surface area (Å²) in [7, 11) is 1.85. The second kappa shape index (κ2) is 5.18. The molecule has 2 aromatic rings. The Morgan fingerprint density at radius 2 is 1.90 bits per heavy atom. The standard InChI is InChI=1S/C15H16F3N3/c1-19-8-10-2-4-11(5-3-10)14-20-13(15(16,17)18)9-21(14)12-6-7-12/h2-5,9,12,19H,6-8H2,1H3. The van der Waals surface area contributed by atoms with Gasteiger partial charge in [-0.15, -0.1) is 0 Å². The van der Waals surface area contributed by atoms with Crippen LogP contribution in [0.5, 0.6) is 0 Å². The van der Waals surface area contributed by atoms with Gasteiger partial charge in [0.15, 0.2) is 5.69 Å². The molecule has 0 atom stereocenters. The molecule has 21 heavy (non-hydrogen) atoms. The highest BCUT2D eigenvalue weighted by atomic mass is 19.4. The molecule has 0 spiro atoms. The molecular weight excluding hydrogens is 279 g/mol. The van der Waals surface area contributed by atoms with E-state index in [-0.39, 0.29) is 6.04 Å². The number of nitrogens with zero attached hydrogens (tertiary/aromatic N) is 2. The minimum absolute atomic E-state index is 0.153. The summed E-state index contributed by atoms with van der Waals surface area (Å²) in [6.45, 7) is 0.727. The average Bonchev–Trinajstić information content (AvgIpc) is 3.17. The Labute approximate surface area is 120 Å². The van der Waals surface area contributed by atoms with Crippen molar-refractivity contribution in [3.63, 3.8) is 0 Å². The van der Waals surface area contributed by atoms with Crippen LogP contribution in [0, 0.1) is 0 Å². The lowest BCUT2D eigenvalue weighted by Gasteiger charge is -2.07. The minimum Gasteiger partial charge on any atom is -0.327 e. The lowest BCUT2D eigenvalue weighted by Crippen LogP contribution is -2.05. The van der Waals surface area contributed by atoms with Crippen molar-refractivity contribution in [2.24, 2.45) is 0 Å². The molecule has 112 valence electrons. The summed E-state index contributed by atoms with van der Waals surface area (Å²) in [5, 5.41) is 3.04. The second-order valence-electron chi connectivity index (χ2n) is 5.31. The zero-order chi connectivity index (χ0) is 15.0. The SMILES string of the molecule is CNCc1ccc(-c2nc(C(F)(F)F)cn2C2CC2)cc1. The lowest BCUT2D eigenvalue weighted by molar-refractivity contribution is -0.140. The first-order chi connectivity index (χ1) is 9.99. The fourth-order valence-corrected chi connectivity index (χ4v) is 2.35. The van der Waals surface area contributed by atoms with E-state index in [4.69, 9.17) is 0 Å². The molecule has 0 bridgehead atoms. The summed E-state index contributed by atoms with van der Waals surface area (Å²) in [5.74, 6) is 0.404. The van der Waals surface area contributed by atoms with Crippen LogP contribution in [0.3, 0.4) is 0 Å². The van der Waals surface area contributed by atoms with Crippen molar-refractivity contribution in [3.05, 3.63) is 41.7 Å². The molecule has 3 nitrogen and oxygen atoms in total. The quantitative estimate of drug-likeness (QED) is 0.933. The number of imidazole rings is 1. The Hall–Kier alpha value is -1.82. The van der Waals surface area contributed by atoms with E-state index in [0.29, 0.717) is 5.82 Å². The van der Waals surface area contributed by atoms with Crippen LogP contribution in [-0.4, -0.2) is 16.6 Å². The van der Waals surface area contributed by atoms with E-state index >= 15 is 0 Å². The molecule has 1 aliphatic carbocycles. The van der Waals surface area contributed by atoms with Crippen LogP contribution in [0.1, 0.15) is 30.1 Å². The molecule has 1 fully saturated rings. The number of nitrogens with one attached hydrogen (secondary N) is 1. The highest BCUT2D eigenvalue weighted by molar-refractivity contribution is 5.57. The molecule has 3 rings (SSSR count). The molecule has 0 amide bonds. The number of hydrogen-bond donors (Lipinski definition) is 1. The number of halogens is 3. The molecule has 1 saturated carbocycles. The molecule has 1 N–H and O–H groups in total. The van der Waals surface area contributed by atoms with Crippen molar-refractivity contribution >= 4 is 0 Å². The number of hydrogen-bond acceptors (Lipinski definition) is 2. The first-order valence-electron chi connectivity index (χ1n) is 6.89. The monoisotopic (exact) mass is 295 g/mol. The largest absolute Gasteiger partial charge is 0.434 e. The first-order valence-corrected chi connectivity index (χ1v) is 6.89. The molecule has 6 heteroatoms. The Kier molecular flexibility index (Phi) is 3.49. The second-order valence-corrected chi connectivity index (χ2v) is 5.31. The van der Waals surface area contributed by atoms with Gasteiger partial charge in [-0.2, -0.15) is 13.2 Å². The van der Waals surface area contributed by atoms with Crippen molar-refractivity contribution in [2.45, 2.75) is 31.6 Å². The lowest BCUT2D eigenvalue weighted by atomic mass is 10.1. The van der Waals surface area contributed by atoms with Gasteiger partial charge in [0.2, 0.25) is 0 Å². The van der Waals surface area contributed by atoms with Crippen LogP contribution in [0.4, 0.5) is 13.2 Å². The van der Waals surface area contributed by atoms with Crippen LogP contribution >= 0.6 is 0 Å². The Morgan fingerprint density at radius 3 is 2.43 bits per heavy atom. The van der Waals surface area contributed by atoms with Gasteiger partial charge in [-0.3, -0.25) is 0 Å². The predicted molar refractivity (Wildman–Crippen MR) is 73.7 cm³/mol. The van der Waals surface area contributed by atoms with Gasteiger partial charge in [-0.1, -0.05) is 24.3 Å². The topological polar surface area (TPSA) is 29.9 Å². The Bertz CT molecular complexity index is 625. The van der Waals surface area contributed by atoms with E-state index in [1.54, 1.807) is 4.57 Å². The zero-order valence-electron chi connectivity index (χ0n) is 11.6. The fourth-order valence-electron chi connectivity index (χ4n) is 2.35. The molecule has 0 radical (unpaired) electrons. The maximum absolute atomic E-state index is 12.9. The molecular formula is C15H16F3N3. The summed E-state index contributed by atoms with van der Waals surface area (Å²) in [6.07, 6.45) is -1.44. The highest BCUT2D eigenvalue weighted by Gasteiger charge is 2.37. The summed E-state index contributed by atoms with van der Waals surface area (Å²) in [4.78, 5) is 3.81. The van der Waals surface area contributed by atoms with E-state index in [1.807, 2.05) is 31.3 Å². The zero-order valence-corrected chi connectivity index (χ0v) is 11.6. The van der Waals surface area contributed by atoms with Crippen LogP contribution in [0.2, 0.25) is 0 Å². The van der Waals surface area contributed by atoms with Crippen LogP contribution < -0.4 is 5.32 Å². The van der Waals surface area contributed by atoms with E-state index in [0.717, 1.165) is 36.7 Å². The molecule has 0 aliphatic heterocycles. The van der Waals surface area contributed by atoms with Gasteiger partial charge in [0.25, 0.3) is 0 Å². The van der Waals surface area contributed by atoms with Crippen molar-refractivity contribution in [1.29, 1.82) is 0 Å². The highest BCUT2D eigenvalue weighted by Crippen LogP contribution is 2.40. The maximum Gasteiger partial charge on any atom is 0.434 e. The Morgan fingerprint density at radius 1 is 1.24 bits per heavy atom. The van der Waals surface area contributed by atoms with Crippen molar-refractivity contribution in [3.8, 4) is 11.4 Å². The fraction of sp³-hybridized carbons (Fsp3) is 0.400. The maximum atomic E-state index is 12.9. The third-order valence-electron chi connectivity index (χ3n) is 3.56. The normalized spacial score (nSPS) is 15.4. The predicted octanol–water partition coefficient (Wildman–Crippen LogP) is 3.62. The van der Waals surface area contributed by atoms with E-state index in [1.165, 1.54) is 0 Å². The minimum atomic E-state index is -4.40. The third kappa shape index (κ3) is 2.95. The molecule has 0 unspecified atom stereocenters. The van der Waals surface area contributed by atoms with Gasteiger partial charge in [0.05, 0.1) is 0 Å². The van der Waals surface area contributed by atoms with Crippen molar-refractivity contribution in [2.75, 3.05) is 7.05 Å². The van der Waals surface area contributed by atoms with Gasteiger partial charge in [0.1, 0.15) is 5.82 Å². The summed E-state index contributed by atoms with van der Waals surface area (Å²) in [5.41, 5.74) is 0.989. The first kappa shape index (κ1) is 14.1. The average molecular weight is 295 g/mol. The molecule has 1 aliphatic rings. The smallest absolute Gasteiger partial charge is 0.327 e. The van der Waals surface area contributed by atoms with Crippen molar-refractivity contribution in [1.82, 2.24) is 14.9 Å². The van der Waals surface area contributed by atoms with E-state index < -0.39 is 11.9 Å². The van der Waals surface area contributed by atoms with Gasteiger partial charge in [-0.25, -0.2) is 4.98 Å². The van der Waals surface area contributed by atoms with Gasteiger partial charge in [0, 0.05) is 24.3 Å². The molecule has 1 aromatic carbocycles. The Balaban J connectivity index is 1.98. The molecule has 1 aromatic heterocycles. The summed E-state index contributed by atoms with van der Waals surface area (Å²) in [6, 6.07) is 7.62. The van der Waals surface area contributed by atoms with Gasteiger partial charge < -0.3 is 9.88 Å². The number of rotatable bonds is 4. The molecule has 1 heterocycles.